The zero-order valence-electron chi connectivity index (χ0n) is 23.2. The van der Waals surface area contributed by atoms with Crippen molar-refractivity contribution in [2.75, 3.05) is 19.5 Å². The van der Waals surface area contributed by atoms with Crippen LogP contribution in [-0.4, -0.2) is 44.2 Å². The van der Waals surface area contributed by atoms with E-state index in [1.165, 1.54) is 11.1 Å². The summed E-state index contributed by atoms with van der Waals surface area (Å²) in [6, 6.07) is 16.2. The van der Waals surface area contributed by atoms with E-state index in [9.17, 15) is 8.42 Å². The quantitative estimate of drug-likeness (QED) is 0.259. The van der Waals surface area contributed by atoms with E-state index in [-0.39, 0.29) is 24.4 Å². The molecule has 0 fully saturated rings. The largest absolute Gasteiger partial charge is 0.488 e. The zero-order valence-corrected chi connectivity index (χ0v) is 24.0. The molecule has 7 heteroatoms. The van der Waals surface area contributed by atoms with E-state index in [1.807, 2.05) is 77.9 Å². The molecule has 2 rings (SSSR count). The highest BCUT2D eigenvalue weighted by atomic mass is 32.2. The number of hydrogen-bond acceptors (Lipinski definition) is 6. The van der Waals surface area contributed by atoms with Gasteiger partial charge in [0.25, 0.3) is 10.1 Å². The molecule has 0 saturated carbocycles. The van der Waals surface area contributed by atoms with Gasteiger partial charge < -0.3 is 14.6 Å². The van der Waals surface area contributed by atoms with Crippen molar-refractivity contribution in [2.45, 2.75) is 91.3 Å². The number of rotatable bonds is 12. The van der Waals surface area contributed by atoms with E-state index in [0.29, 0.717) is 0 Å². The lowest BCUT2D eigenvalue weighted by molar-refractivity contribution is 0.130. The lowest BCUT2D eigenvalue weighted by Gasteiger charge is -2.21. The van der Waals surface area contributed by atoms with Gasteiger partial charge >= 0.3 is 0 Å². The highest BCUT2D eigenvalue weighted by Gasteiger charge is 2.12. The highest BCUT2D eigenvalue weighted by molar-refractivity contribution is 7.85. The van der Waals surface area contributed by atoms with E-state index >= 15 is 0 Å². The third-order valence-electron chi connectivity index (χ3n) is 4.73. The number of unbranched alkanes of at least 4 members (excludes halogenated alkanes) is 2. The van der Waals surface area contributed by atoms with Crippen LogP contribution in [0.25, 0.3) is 0 Å². The van der Waals surface area contributed by atoms with Crippen molar-refractivity contribution in [2.24, 2.45) is 0 Å². The minimum Gasteiger partial charge on any atom is -0.488 e. The van der Waals surface area contributed by atoms with E-state index in [4.69, 9.17) is 18.8 Å². The molecule has 0 radical (unpaired) electrons. The SMILES string of the molecule is CC(C)(C)Oc1ccc(CCCCO)cc1.CC(C)(C)Oc1ccc(CCCCOS(C)(=O)=O)cc1. The van der Waals surface area contributed by atoms with Gasteiger partial charge in [-0.05, 0) is 115 Å². The third kappa shape index (κ3) is 17.4. The van der Waals surface area contributed by atoms with Gasteiger partial charge in [-0.3, -0.25) is 4.18 Å². The van der Waals surface area contributed by atoms with Gasteiger partial charge in [0.2, 0.25) is 0 Å². The van der Waals surface area contributed by atoms with Crippen LogP contribution in [-0.2, 0) is 27.1 Å². The molecule has 2 aromatic carbocycles. The summed E-state index contributed by atoms with van der Waals surface area (Å²) in [6.07, 6.45) is 6.54. The predicted octanol–water partition coefficient (Wildman–Crippen LogP) is 6.34. The van der Waals surface area contributed by atoms with Crippen molar-refractivity contribution in [3.63, 3.8) is 0 Å². The van der Waals surface area contributed by atoms with E-state index < -0.39 is 10.1 Å². The number of hydrogen-bond donors (Lipinski definition) is 1. The van der Waals surface area contributed by atoms with Gasteiger partial charge in [0.05, 0.1) is 12.9 Å². The molecule has 1 N–H and O–H groups in total. The number of aliphatic hydroxyl groups excluding tert-OH is 1. The summed E-state index contributed by atoms with van der Waals surface area (Å²) >= 11 is 0. The first-order chi connectivity index (χ1) is 16.7. The number of aliphatic hydroxyl groups is 1. The first-order valence-electron chi connectivity index (χ1n) is 12.7. The summed E-state index contributed by atoms with van der Waals surface area (Å²) in [6.45, 7) is 12.7. The lowest BCUT2D eigenvalue weighted by atomic mass is 10.1. The highest BCUT2D eigenvalue weighted by Crippen LogP contribution is 2.20. The summed E-state index contributed by atoms with van der Waals surface area (Å²) in [5, 5.41) is 8.70. The molecule has 0 aliphatic rings. The van der Waals surface area contributed by atoms with Crippen LogP contribution in [0.4, 0.5) is 0 Å². The van der Waals surface area contributed by atoms with Crippen molar-refractivity contribution < 1.29 is 27.2 Å². The van der Waals surface area contributed by atoms with Gasteiger partial charge in [-0.1, -0.05) is 24.3 Å². The Morgan fingerprint density at radius 2 is 1.06 bits per heavy atom. The molecule has 0 spiro atoms. The second-order valence-electron chi connectivity index (χ2n) is 10.9. The summed E-state index contributed by atoms with van der Waals surface area (Å²) < 4.78 is 37.7. The maximum absolute atomic E-state index is 10.8. The van der Waals surface area contributed by atoms with Crippen molar-refractivity contribution in [1.29, 1.82) is 0 Å². The fraction of sp³-hybridized carbons (Fsp3) is 0.586. The Hall–Kier alpha value is -2.09. The molecule has 36 heavy (non-hydrogen) atoms. The average molecular weight is 523 g/mol. The Morgan fingerprint density at radius 3 is 1.39 bits per heavy atom. The summed E-state index contributed by atoms with van der Waals surface area (Å²) in [4.78, 5) is 0. The van der Waals surface area contributed by atoms with Crippen LogP contribution in [0.1, 0.15) is 78.4 Å². The van der Waals surface area contributed by atoms with Gasteiger partial charge in [-0.2, -0.15) is 8.42 Å². The van der Waals surface area contributed by atoms with E-state index in [0.717, 1.165) is 56.3 Å². The monoisotopic (exact) mass is 522 g/mol. The van der Waals surface area contributed by atoms with Gasteiger partial charge in [0, 0.05) is 6.61 Å². The van der Waals surface area contributed by atoms with Crippen molar-refractivity contribution >= 4 is 10.1 Å². The Labute approximate surface area is 219 Å². The lowest BCUT2D eigenvalue weighted by Crippen LogP contribution is -2.22. The first-order valence-corrected chi connectivity index (χ1v) is 14.5. The van der Waals surface area contributed by atoms with Crippen LogP contribution in [0, 0.1) is 0 Å². The molecule has 0 atom stereocenters. The van der Waals surface area contributed by atoms with E-state index in [2.05, 4.69) is 12.1 Å². The Morgan fingerprint density at radius 1 is 0.667 bits per heavy atom. The topological polar surface area (TPSA) is 82.1 Å². The number of aryl methyl sites for hydroxylation is 2. The van der Waals surface area contributed by atoms with Crippen LogP contribution >= 0.6 is 0 Å². The number of ether oxygens (including phenoxy) is 2. The van der Waals surface area contributed by atoms with Crippen molar-refractivity contribution in [1.82, 2.24) is 0 Å². The Kier molecular flexibility index (Phi) is 13.5. The molecule has 0 saturated heterocycles. The molecule has 0 heterocycles. The van der Waals surface area contributed by atoms with Crippen molar-refractivity contribution in [3.8, 4) is 11.5 Å². The standard InChI is InChI=1S/C15H24O4S.C14H22O2/c1-15(2,3)19-14-10-8-13(9-11-14)7-5-6-12-18-20(4,16)17;1-14(2,3)16-13-9-7-12(8-10-13)6-4-5-11-15/h8-11H,5-7,12H2,1-4H3;7-10,15H,4-6,11H2,1-3H3. The molecule has 2 aromatic rings. The van der Waals surface area contributed by atoms with Crippen LogP contribution in [0.2, 0.25) is 0 Å². The smallest absolute Gasteiger partial charge is 0.264 e. The molecule has 6 nitrogen and oxygen atoms in total. The first kappa shape index (κ1) is 31.9. The average Bonchev–Trinajstić information content (AvgIpc) is 2.74. The molecule has 0 aromatic heterocycles. The van der Waals surface area contributed by atoms with Gasteiger partial charge in [-0.15, -0.1) is 0 Å². The Balaban J connectivity index is 0.000000369. The fourth-order valence-corrected chi connectivity index (χ4v) is 3.66. The fourth-order valence-electron chi connectivity index (χ4n) is 3.24. The molecular formula is C29H46O6S. The predicted molar refractivity (Wildman–Crippen MR) is 147 cm³/mol. The maximum atomic E-state index is 10.8. The Bertz CT molecular complexity index is 953. The summed E-state index contributed by atoms with van der Waals surface area (Å²) in [5.41, 5.74) is 2.18. The van der Waals surface area contributed by atoms with E-state index in [1.54, 1.807) is 0 Å². The molecule has 204 valence electrons. The van der Waals surface area contributed by atoms with Crippen LogP contribution < -0.4 is 9.47 Å². The van der Waals surface area contributed by atoms with Crippen LogP contribution in [0.15, 0.2) is 48.5 Å². The van der Waals surface area contributed by atoms with Gasteiger partial charge in [0.15, 0.2) is 0 Å². The van der Waals surface area contributed by atoms with Crippen LogP contribution in [0.3, 0.4) is 0 Å². The zero-order chi connectivity index (χ0) is 27.2. The molecular weight excluding hydrogens is 476 g/mol. The molecule has 0 bridgehead atoms. The second kappa shape index (κ2) is 15.2. The minimum atomic E-state index is -3.31. The second-order valence-corrected chi connectivity index (χ2v) is 12.5. The minimum absolute atomic E-state index is 0.140. The van der Waals surface area contributed by atoms with Crippen molar-refractivity contribution in [3.05, 3.63) is 59.7 Å². The molecule has 0 unspecified atom stereocenters. The summed E-state index contributed by atoms with van der Waals surface area (Å²) in [5.74, 6) is 1.78. The number of benzene rings is 2. The van der Waals surface area contributed by atoms with Crippen LogP contribution in [0.5, 0.6) is 11.5 Å². The maximum Gasteiger partial charge on any atom is 0.264 e. The third-order valence-corrected chi connectivity index (χ3v) is 5.32. The molecule has 0 aliphatic heterocycles. The molecule has 0 amide bonds. The van der Waals surface area contributed by atoms with Gasteiger partial charge in [0.1, 0.15) is 22.7 Å². The summed E-state index contributed by atoms with van der Waals surface area (Å²) in [7, 11) is -3.31. The van der Waals surface area contributed by atoms with Gasteiger partial charge in [-0.25, -0.2) is 0 Å². The molecule has 0 aliphatic carbocycles. The normalized spacial score (nSPS) is 12.0.